The molecule has 1 aliphatic rings. The van der Waals surface area contributed by atoms with Gasteiger partial charge in [-0.2, -0.15) is 5.26 Å². The Morgan fingerprint density at radius 2 is 2.42 bits per heavy atom. The first-order chi connectivity index (χ1) is 11.6. The number of nitrogens with zero attached hydrogens (tertiary/aromatic N) is 2. The van der Waals surface area contributed by atoms with Gasteiger partial charge in [0.15, 0.2) is 5.16 Å². The summed E-state index contributed by atoms with van der Waals surface area (Å²) in [5, 5.41) is 12.3. The number of amides is 1. The molecular formula is C16H18N4O2S2. The summed E-state index contributed by atoms with van der Waals surface area (Å²) in [5.74, 6) is 0.648. The van der Waals surface area contributed by atoms with Gasteiger partial charge in [-0.05, 0) is 30.7 Å². The first kappa shape index (κ1) is 17.0. The van der Waals surface area contributed by atoms with Crippen LogP contribution >= 0.6 is 23.1 Å². The largest absolute Gasteiger partial charge is 0.354 e. The van der Waals surface area contributed by atoms with Crippen molar-refractivity contribution in [1.29, 1.82) is 5.26 Å². The number of hydrogen-bond acceptors (Lipinski definition) is 6. The highest BCUT2D eigenvalue weighted by atomic mass is 32.2. The molecule has 0 fully saturated rings. The number of aromatic amines is 1. The van der Waals surface area contributed by atoms with Gasteiger partial charge >= 0.3 is 0 Å². The molecule has 2 heterocycles. The molecule has 0 aromatic carbocycles. The smallest absolute Gasteiger partial charge is 0.260 e. The fraction of sp³-hybridized carbons (Fsp3) is 0.500. The maximum absolute atomic E-state index is 12.4. The molecule has 0 unspecified atom stereocenters. The Hall–Kier alpha value is -1.85. The van der Waals surface area contributed by atoms with Crippen molar-refractivity contribution in [3.8, 4) is 6.07 Å². The van der Waals surface area contributed by atoms with Gasteiger partial charge in [0, 0.05) is 11.4 Å². The van der Waals surface area contributed by atoms with Crippen LogP contribution in [-0.4, -0.2) is 28.2 Å². The van der Waals surface area contributed by atoms with Crippen LogP contribution in [0, 0.1) is 17.2 Å². The van der Waals surface area contributed by atoms with Crippen molar-refractivity contribution in [3.63, 3.8) is 0 Å². The zero-order chi connectivity index (χ0) is 17.1. The number of aryl methyl sites for hydroxylation is 1. The van der Waals surface area contributed by atoms with Crippen molar-refractivity contribution in [1.82, 2.24) is 15.3 Å². The third-order valence-electron chi connectivity index (χ3n) is 4.04. The molecular weight excluding hydrogens is 344 g/mol. The number of nitriles is 1. The summed E-state index contributed by atoms with van der Waals surface area (Å²) in [6.45, 7) is 2.58. The molecule has 8 heteroatoms. The Labute approximate surface area is 147 Å². The Morgan fingerprint density at radius 1 is 1.58 bits per heavy atom. The predicted octanol–water partition coefficient (Wildman–Crippen LogP) is 2.23. The predicted molar refractivity (Wildman–Crippen MR) is 95.4 cm³/mol. The molecule has 24 heavy (non-hydrogen) atoms. The van der Waals surface area contributed by atoms with Crippen LogP contribution in [-0.2, 0) is 17.6 Å². The monoisotopic (exact) mass is 362 g/mol. The van der Waals surface area contributed by atoms with Gasteiger partial charge in [-0.25, -0.2) is 4.98 Å². The van der Waals surface area contributed by atoms with Crippen LogP contribution < -0.4 is 10.9 Å². The van der Waals surface area contributed by atoms with E-state index in [0.29, 0.717) is 17.6 Å². The van der Waals surface area contributed by atoms with E-state index in [1.807, 2.05) is 6.07 Å². The number of hydrogen-bond donors (Lipinski definition) is 2. The lowest BCUT2D eigenvalue weighted by atomic mass is 9.89. The second-order valence-corrected chi connectivity index (χ2v) is 8.00. The Bertz CT molecular complexity index is 865. The lowest BCUT2D eigenvalue weighted by Gasteiger charge is -2.17. The van der Waals surface area contributed by atoms with Crippen molar-refractivity contribution >= 4 is 39.2 Å². The number of nitrogens with one attached hydrogen (secondary N) is 2. The number of thiophene rings is 1. The SMILES string of the molecule is C[C@H]1CCc2c(sc3nc(SCC(=O)NCCC#N)[nH]c(=O)c23)C1. The van der Waals surface area contributed by atoms with Gasteiger partial charge in [0.1, 0.15) is 4.83 Å². The van der Waals surface area contributed by atoms with E-state index in [9.17, 15) is 9.59 Å². The third-order valence-corrected chi connectivity index (χ3v) is 6.06. The molecule has 2 aromatic rings. The number of aromatic nitrogens is 2. The molecule has 0 saturated heterocycles. The van der Waals surface area contributed by atoms with Gasteiger partial charge in [-0.1, -0.05) is 18.7 Å². The van der Waals surface area contributed by atoms with Crippen molar-refractivity contribution in [3.05, 3.63) is 20.8 Å². The average Bonchev–Trinajstić information content (AvgIpc) is 2.90. The summed E-state index contributed by atoms with van der Waals surface area (Å²) in [7, 11) is 0. The van der Waals surface area contributed by atoms with Gasteiger partial charge in [-0.15, -0.1) is 11.3 Å². The normalized spacial score (nSPS) is 16.6. The Balaban J connectivity index is 1.75. The standard InChI is InChI=1S/C16H18N4O2S2/c1-9-3-4-10-11(7-9)24-15-13(10)14(22)19-16(20-15)23-8-12(21)18-6-2-5-17/h9H,2-4,6-8H2,1H3,(H,18,21)(H,19,20,22)/t9-/m0/s1. The fourth-order valence-electron chi connectivity index (χ4n) is 2.84. The summed E-state index contributed by atoms with van der Waals surface area (Å²) in [5.41, 5.74) is 1.05. The maximum Gasteiger partial charge on any atom is 0.260 e. The van der Waals surface area contributed by atoms with Gasteiger partial charge < -0.3 is 10.3 Å². The molecule has 0 radical (unpaired) electrons. The van der Waals surface area contributed by atoms with E-state index in [2.05, 4.69) is 22.2 Å². The molecule has 2 aromatic heterocycles. The van der Waals surface area contributed by atoms with Crippen molar-refractivity contribution in [2.24, 2.45) is 5.92 Å². The number of thioether (sulfide) groups is 1. The van der Waals surface area contributed by atoms with Gasteiger partial charge in [0.05, 0.1) is 23.6 Å². The minimum absolute atomic E-state index is 0.112. The van der Waals surface area contributed by atoms with Crippen LogP contribution in [0.1, 0.15) is 30.2 Å². The van der Waals surface area contributed by atoms with Crippen molar-refractivity contribution < 1.29 is 4.79 Å². The van der Waals surface area contributed by atoms with E-state index >= 15 is 0 Å². The lowest BCUT2D eigenvalue weighted by molar-refractivity contribution is -0.118. The molecule has 2 N–H and O–H groups in total. The minimum atomic E-state index is -0.169. The molecule has 0 spiro atoms. The summed E-state index contributed by atoms with van der Waals surface area (Å²) in [4.78, 5) is 33.5. The molecule has 1 amide bonds. The van der Waals surface area contributed by atoms with E-state index in [0.717, 1.165) is 35.0 Å². The van der Waals surface area contributed by atoms with Crippen LogP contribution in [0.5, 0.6) is 0 Å². The quantitative estimate of drug-likeness (QED) is 0.483. The highest BCUT2D eigenvalue weighted by Gasteiger charge is 2.23. The second-order valence-electron chi connectivity index (χ2n) is 5.95. The zero-order valence-electron chi connectivity index (χ0n) is 13.3. The summed E-state index contributed by atoms with van der Waals surface area (Å²) >= 11 is 2.81. The molecule has 1 aliphatic carbocycles. The molecule has 1 atom stereocenters. The maximum atomic E-state index is 12.4. The highest BCUT2D eigenvalue weighted by molar-refractivity contribution is 7.99. The topological polar surface area (TPSA) is 98.6 Å². The van der Waals surface area contributed by atoms with Crippen LogP contribution in [0.25, 0.3) is 10.2 Å². The van der Waals surface area contributed by atoms with E-state index in [1.165, 1.54) is 16.6 Å². The summed E-state index contributed by atoms with van der Waals surface area (Å²) < 4.78 is 0. The van der Waals surface area contributed by atoms with Crippen LogP contribution in [0.2, 0.25) is 0 Å². The van der Waals surface area contributed by atoms with Crippen molar-refractivity contribution in [2.45, 2.75) is 37.8 Å². The van der Waals surface area contributed by atoms with Gasteiger partial charge in [0.25, 0.3) is 5.56 Å². The second kappa shape index (κ2) is 7.36. The Kier molecular flexibility index (Phi) is 5.21. The van der Waals surface area contributed by atoms with E-state index < -0.39 is 0 Å². The molecule has 6 nitrogen and oxygen atoms in total. The van der Waals surface area contributed by atoms with E-state index in [1.54, 1.807) is 11.3 Å². The first-order valence-electron chi connectivity index (χ1n) is 7.89. The minimum Gasteiger partial charge on any atom is -0.354 e. The van der Waals surface area contributed by atoms with Crippen LogP contribution in [0.15, 0.2) is 9.95 Å². The number of carbonyl (C=O) groups is 1. The molecule has 0 aliphatic heterocycles. The highest BCUT2D eigenvalue weighted by Crippen LogP contribution is 2.36. The molecule has 0 bridgehead atoms. The molecule has 0 saturated carbocycles. The fourth-order valence-corrected chi connectivity index (χ4v) is 4.97. The molecule has 126 valence electrons. The van der Waals surface area contributed by atoms with E-state index in [4.69, 9.17) is 5.26 Å². The summed E-state index contributed by atoms with van der Waals surface area (Å²) in [6, 6.07) is 1.97. The summed E-state index contributed by atoms with van der Waals surface area (Å²) in [6.07, 6.45) is 3.35. The number of carbonyl (C=O) groups excluding carboxylic acids is 1. The number of rotatable bonds is 5. The van der Waals surface area contributed by atoms with Crippen molar-refractivity contribution in [2.75, 3.05) is 12.3 Å². The first-order valence-corrected chi connectivity index (χ1v) is 9.69. The van der Waals surface area contributed by atoms with Crippen LogP contribution in [0.4, 0.5) is 0 Å². The Morgan fingerprint density at radius 3 is 3.21 bits per heavy atom. The molecule has 3 rings (SSSR count). The van der Waals surface area contributed by atoms with Crippen LogP contribution in [0.3, 0.4) is 0 Å². The van der Waals surface area contributed by atoms with Gasteiger partial charge in [-0.3, -0.25) is 9.59 Å². The average molecular weight is 362 g/mol. The third kappa shape index (κ3) is 3.62. The lowest BCUT2D eigenvalue weighted by Crippen LogP contribution is -2.26. The van der Waals surface area contributed by atoms with E-state index in [-0.39, 0.29) is 23.6 Å². The number of H-pyrrole nitrogens is 1. The number of fused-ring (bicyclic) bond motifs is 3. The zero-order valence-corrected chi connectivity index (χ0v) is 15.0. The van der Waals surface area contributed by atoms with Gasteiger partial charge in [0.2, 0.25) is 5.91 Å².